The summed E-state index contributed by atoms with van der Waals surface area (Å²) in [6.07, 6.45) is 3.38. The van der Waals surface area contributed by atoms with Crippen LogP contribution < -0.4 is 5.73 Å². The minimum atomic E-state index is -0.0702. The topological polar surface area (TPSA) is 68.5 Å². The van der Waals surface area contributed by atoms with Gasteiger partial charge in [0.1, 0.15) is 5.82 Å². The van der Waals surface area contributed by atoms with Gasteiger partial charge in [0.25, 0.3) is 5.91 Å². The van der Waals surface area contributed by atoms with Crippen molar-refractivity contribution in [3.63, 3.8) is 0 Å². The molecule has 5 nitrogen and oxygen atoms in total. The Morgan fingerprint density at radius 1 is 1.19 bits per heavy atom. The average molecular weight is 448 g/mol. The summed E-state index contributed by atoms with van der Waals surface area (Å²) < 4.78 is 5.82. The van der Waals surface area contributed by atoms with Crippen molar-refractivity contribution in [2.45, 2.75) is 50.9 Å². The first-order valence-electron chi connectivity index (χ1n) is 11.4. The van der Waals surface area contributed by atoms with Crippen LogP contribution in [0.5, 0.6) is 0 Å². The predicted octanol–water partition coefficient (Wildman–Crippen LogP) is 5.47. The lowest BCUT2D eigenvalue weighted by molar-refractivity contribution is 0.0719. The molecule has 1 saturated heterocycles. The number of ether oxygens (including phenoxy) is 1. The van der Waals surface area contributed by atoms with Crippen LogP contribution in [0.2, 0.25) is 5.02 Å². The van der Waals surface area contributed by atoms with Crippen LogP contribution in [0.25, 0.3) is 10.9 Å². The number of nitrogens with zero attached hydrogens (tertiary/aromatic N) is 2. The minimum Gasteiger partial charge on any atom is -0.383 e. The number of likely N-dealkylation sites (tertiary alicyclic amines) is 1. The van der Waals surface area contributed by atoms with Crippen molar-refractivity contribution in [2.24, 2.45) is 5.92 Å². The van der Waals surface area contributed by atoms with Gasteiger partial charge in [-0.25, -0.2) is 4.98 Å². The van der Waals surface area contributed by atoms with Crippen LogP contribution in [0.15, 0.2) is 42.5 Å². The molecule has 1 aromatic heterocycles. The number of nitrogens with two attached hydrogens (primary N) is 1. The van der Waals surface area contributed by atoms with Crippen LogP contribution in [0.4, 0.5) is 5.82 Å². The summed E-state index contributed by atoms with van der Waals surface area (Å²) >= 11 is 6.09. The van der Waals surface area contributed by atoms with Gasteiger partial charge in [-0.1, -0.05) is 23.7 Å². The maximum Gasteiger partial charge on any atom is 0.254 e. The number of pyridine rings is 1. The third kappa shape index (κ3) is 3.26. The van der Waals surface area contributed by atoms with Gasteiger partial charge in [0.05, 0.1) is 18.2 Å². The third-order valence-electron chi connectivity index (χ3n) is 7.41. The van der Waals surface area contributed by atoms with Crippen LogP contribution >= 0.6 is 11.6 Å². The monoisotopic (exact) mass is 447 g/mol. The highest BCUT2D eigenvalue weighted by Crippen LogP contribution is 2.45. The summed E-state index contributed by atoms with van der Waals surface area (Å²) in [7, 11) is 0. The molecular weight excluding hydrogens is 422 g/mol. The standard InChI is InChI=1S/C26H26ClN3O2/c1-14-24-21(13-32-14)20-10-17(6-9-22(20)29-25(24)28)26(31)30-12-18(11-23(30)16-2-3-16)15-4-7-19(27)8-5-15/h4-10,14,16,18,23H,2-3,11-13H2,1H3,(H2,28,29)/t14-,18?,23?/m1/s1. The molecule has 1 saturated carbocycles. The zero-order valence-corrected chi connectivity index (χ0v) is 18.8. The van der Waals surface area contributed by atoms with Gasteiger partial charge in [-0.05, 0) is 73.6 Å². The number of benzene rings is 2. The molecule has 2 aliphatic heterocycles. The largest absolute Gasteiger partial charge is 0.383 e. The normalized spacial score (nSPS) is 24.8. The Morgan fingerprint density at radius 3 is 2.72 bits per heavy atom. The van der Waals surface area contributed by atoms with Crippen LogP contribution in [0, 0.1) is 5.92 Å². The van der Waals surface area contributed by atoms with E-state index in [-0.39, 0.29) is 12.0 Å². The molecule has 2 N–H and O–H groups in total. The number of amides is 1. The lowest BCUT2D eigenvalue weighted by atomic mass is 9.95. The summed E-state index contributed by atoms with van der Waals surface area (Å²) in [6.45, 7) is 3.24. The number of halogens is 1. The molecule has 3 aliphatic rings. The highest BCUT2D eigenvalue weighted by atomic mass is 35.5. The maximum atomic E-state index is 13.7. The Labute approximate surface area is 192 Å². The van der Waals surface area contributed by atoms with Crippen molar-refractivity contribution in [3.8, 4) is 0 Å². The SMILES string of the molecule is C[C@H]1OCc2c1c(N)nc1ccc(C(=O)N3CC(c4ccc(Cl)cc4)CC3C3CC3)cc21. The van der Waals surface area contributed by atoms with Crippen LogP contribution in [-0.2, 0) is 11.3 Å². The van der Waals surface area contributed by atoms with Crippen molar-refractivity contribution >= 4 is 34.2 Å². The molecule has 0 spiro atoms. The van der Waals surface area contributed by atoms with Crippen molar-refractivity contribution in [1.29, 1.82) is 0 Å². The van der Waals surface area contributed by atoms with Crippen molar-refractivity contribution < 1.29 is 9.53 Å². The van der Waals surface area contributed by atoms with E-state index in [1.54, 1.807) is 0 Å². The number of rotatable bonds is 3. The van der Waals surface area contributed by atoms with E-state index in [0.29, 0.717) is 35.9 Å². The molecule has 164 valence electrons. The lowest BCUT2D eigenvalue weighted by Gasteiger charge is -2.25. The molecule has 2 fully saturated rings. The molecule has 3 atom stereocenters. The molecule has 3 heterocycles. The lowest BCUT2D eigenvalue weighted by Crippen LogP contribution is -2.37. The van der Waals surface area contributed by atoms with E-state index in [9.17, 15) is 4.79 Å². The van der Waals surface area contributed by atoms with E-state index in [2.05, 4.69) is 22.0 Å². The Hall–Kier alpha value is -2.63. The molecule has 2 aromatic carbocycles. The quantitative estimate of drug-likeness (QED) is 0.578. The Morgan fingerprint density at radius 2 is 1.97 bits per heavy atom. The molecule has 0 radical (unpaired) electrons. The molecule has 6 rings (SSSR count). The number of nitrogen functional groups attached to an aromatic ring is 1. The van der Waals surface area contributed by atoms with Crippen LogP contribution in [0.1, 0.15) is 65.3 Å². The summed E-state index contributed by atoms with van der Waals surface area (Å²) in [5.41, 5.74) is 11.0. The summed E-state index contributed by atoms with van der Waals surface area (Å²) in [6, 6.07) is 14.2. The third-order valence-corrected chi connectivity index (χ3v) is 7.66. The van der Waals surface area contributed by atoms with E-state index in [4.69, 9.17) is 22.1 Å². The first-order valence-corrected chi connectivity index (χ1v) is 11.8. The Balaban J connectivity index is 1.34. The van der Waals surface area contributed by atoms with Gasteiger partial charge < -0.3 is 15.4 Å². The zero-order valence-electron chi connectivity index (χ0n) is 18.1. The van der Waals surface area contributed by atoms with Crippen molar-refractivity contribution in [3.05, 3.63) is 69.7 Å². The summed E-state index contributed by atoms with van der Waals surface area (Å²) in [4.78, 5) is 20.4. The average Bonchev–Trinajstić information content (AvgIpc) is 3.42. The fourth-order valence-electron chi connectivity index (χ4n) is 5.57. The number of carbonyl (C=O) groups excluding carboxylic acids is 1. The number of carbonyl (C=O) groups is 1. The highest BCUT2D eigenvalue weighted by Gasteiger charge is 2.44. The summed E-state index contributed by atoms with van der Waals surface area (Å²) in [5.74, 6) is 1.60. The molecule has 0 bridgehead atoms. The van der Waals surface area contributed by atoms with Gasteiger partial charge >= 0.3 is 0 Å². The van der Waals surface area contributed by atoms with Crippen molar-refractivity contribution in [1.82, 2.24) is 9.88 Å². The van der Waals surface area contributed by atoms with Gasteiger partial charge in [0, 0.05) is 40.0 Å². The molecule has 2 unspecified atom stereocenters. The van der Waals surface area contributed by atoms with E-state index in [0.717, 1.165) is 40.0 Å². The van der Waals surface area contributed by atoms with E-state index < -0.39 is 0 Å². The first kappa shape index (κ1) is 20.0. The first-order chi connectivity index (χ1) is 15.5. The summed E-state index contributed by atoms with van der Waals surface area (Å²) in [5, 5.41) is 1.72. The number of fused-ring (bicyclic) bond motifs is 3. The van der Waals surface area contributed by atoms with E-state index in [1.807, 2.05) is 37.3 Å². The number of hydrogen-bond acceptors (Lipinski definition) is 4. The second-order valence-corrected chi connectivity index (χ2v) is 9.86. The van der Waals surface area contributed by atoms with E-state index >= 15 is 0 Å². The van der Waals surface area contributed by atoms with E-state index in [1.165, 1.54) is 18.4 Å². The molecule has 1 amide bonds. The minimum absolute atomic E-state index is 0.0702. The fourth-order valence-corrected chi connectivity index (χ4v) is 5.69. The zero-order chi connectivity index (χ0) is 22.0. The number of hydrogen-bond donors (Lipinski definition) is 1. The fraction of sp³-hybridized carbons (Fsp3) is 0.385. The maximum absolute atomic E-state index is 13.7. The smallest absolute Gasteiger partial charge is 0.254 e. The highest BCUT2D eigenvalue weighted by molar-refractivity contribution is 6.30. The Kier molecular flexibility index (Phi) is 4.67. The number of aromatic nitrogens is 1. The molecule has 32 heavy (non-hydrogen) atoms. The van der Waals surface area contributed by atoms with Crippen LogP contribution in [0.3, 0.4) is 0 Å². The van der Waals surface area contributed by atoms with Gasteiger partial charge in [-0.15, -0.1) is 0 Å². The second kappa shape index (κ2) is 7.46. The van der Waals surface area contributed by atoms with Gasteiger partial charge in [0.2, 0.25) is 0 Å². The van der Waals surface area contributed by atoms with Gasteiger partial charge in [0.15, 0.2) is 0 Å². The number of anilines is 1. The van der Waals surface area contributed by atoms with Gasteiger partial charge in [-0.3, -0.25) is 4.79 Å². The molecule has 3 aromatic rings. The van der Waals surface area contributed by atoms with Gasteiger partial charge in [-0.2, -0.15) is 0 Å². The van der Waals surface area contributed by atoms with Crippen LogP contribution in [-0.4, -0.2) is 28.4 Å². The molecular formula is C26H26ClN3O2. The predicted molar refractivity (Wildman–Crippen MR) is 126 cm³/mol. The van der Waals surface area contributed by atoms with Crippen molar-refractivity contribution in [2.75, 3.05) is 12.3 Å². The molecule has 1 aliphatic carbocycles. The Bertz CT molecular complexity index is 1220. The molecule has 6 heteroatoms. The second-order valence-electron chi connectivity index (χ2n) is 9.42.